The Kier molecular flexibility index (Phi) is 4.77. The average Bonchev–Trinajstić information content (AvgIpc) is 2.85. The molecule has 27 heavy (non-hydrogen) atoms. The molecule has 0 bridgehead atoms. The van der Waals surface area contributed by atoms with Crippen LogP contribution in [-0.2, 0) is 9.53 Å². The van der Waals surface area contributed by atoms with Crippen LogP contribution >= 0.6 is 0 Å². The summed E-state index contributed by atoms with van der Waals surface area (Å²) in [5, 5.41) is 10.5. The van der Waals surface area contributed by atoms with E-state index in [4.69, 9.17) is 4.74 Å². The molecule has 0 aliphatic heterocycles. The molecule has 0 heterocycles. The Morgan fingerprint density at radius 3 is 2.67 bits per heavy atom. The van der Waals surface area contributed by atoms with Gasteiger partial charge in [-0.05, 0) is 85.9 Å². The van der Waals surface area contributed by atoms with Gasteiger partial charge in [0.2, 0.25) is 0 Å². The van der Waals surface area contributed by atoms with Gasteiger partial charge in [0, 0.05) is 13.3 Å². The Labute approximate surface area is 164 Å². The maximum absolute atomic E-state index is 11.4. The van der Waals surface area contributed by atoms with Crippen LogP contribution in [0.25, 0.3) is 0 Å². The van der Waals surface area contributed by atoms with Gasteiger partial charge in [0.25, 0.3) is 0 Å². The Bertz CT molecular complexity index is 638. The predicted molar refractivity (Wildman–Crippen MR) is 107 cm³/mol. The number of allylic oxidation sites excluding steroid dienone is 1. The van der Waals surface area contributed by atoms with E-state index in [9.17, 15) is 9.90 Å². The Morgan fingerprint density at radius 1 is 1.26 bits per heavy atom. The van der Waals surface area contributed by atoms with E-state index in [0.717, 1.165) is 37.0 Å². The first kappa shape index (κ1) is 19.5. The summed E-state index contributed by atoms with van der Waals surface area (Å²) in [6, 6.07) is 0. The van der Waals surface area contributed by atoms with Crippen molar-refractivity contribution in [3.63, 3.8) is 0 Å². The molecule has 0 radical (unpaired) electrons. The van der Waals surface area contributed by atoms with Gasteiger partial charge in [0.05, 0.1) is 6.10 Å². The molecule has 0 aromatic heterocycles. The van der Waals surface area contributed by atoms with Gasteiger partial charge in [-0.3, -0.25) is 4.79 Å². The van der Waals surface area contributed by atoms with Gasteiger partial charge in [0.15, 0.2) is 0 Å². The molecular weight excluding hydrogens is 336 g/mol. The van der Waals surface area contributed by atoms with E-state index in [1.54, 1.807) is 5.57 Å². The quantitative estimate of drug-likeness (QED) is 0.539. The van der Waals surface area contributed by atoms with Crippen LogP contribution in [-0.4, -0.2) is 23.3 Å². The highest BCUT2D eigenvalue weighted by Crippen LogP contribution is 2.67. The summed E-state index contributed by atoms with van der Waals surface area (Å²) in [6.45, 7) is 10.9. The second-order valence-electron chi connectivity index (χ2n) is 10.8. The molecule has 0 spiro atoms. The zero-order chi connectivity index (χ0) is 19.6. The van der Waals surface area contributed by atoms with Crippen molar-refractivity contribution in [2.75, 3.05) is 0 Å². The first-order valence-electron chi connectivity index (χ1n) is 11.2. The summed E-state index contributed by atoms with van der Waals surface area (Å²) < 4.78 is 5.55. The third-order valence-corrected chi connectivity index (χ3v) is 9.35. The fourth-order valence-corrected chi connectivity index (χ4v) is 8.39. The Balaban J connectivity index is 1.60. The fraction of sp³-hybridized carbons (Fsp3) is 0.875. The normalized spacial score (nSPS) is 50.1. The maximum atomic E-state index is 11.4. The van der Waals surface area contributed by atoms with Crippen LogP contribution in [0.5, 0.6) is 0 Å². The molecule has 3 saturated carbocycles. The molecule has 3 fully saturated rings. The minimum atomic E-state index is -0.198. The van der Waals surface area contributed by atoms with Crippen molar-refractivity contribution in [3.05, 3.63) is 11.6 Å². The second-order valence-corrected chi connectivity index (χ2v) is 10.8. The van der Waals surface area contributed by atoms with Crippen LogP contribution in [0.4, 0.5) is 0 Å². The summed E-state index contributed by atoms with van der Waals surface area (Å²) >= 11 is 0. The Hall–Kier alpha value is -0.830. The van der Waals surface area contributed by atoms with Crippen molar-refractivity contribution in [1.29, 1.82) is 0 Å². The monoisotopic (exact) mass is 374 g/mol. The minimum absolute atomic E-state index is 0.0818. The third-order valence-electron chi connectivity index (χ3n) is 9.35. The van der Waals surface area contributed by atoms with E-state index in [1.165, 1.54) is 32.6 Å². The van der Waals surface area contributed by atoms with Gasteiger partial charge in [-0.1, -0.05) is 32.4 Å². The van der Waals surface area contributed by atoms with Crippen molar-refractivity contribution in [2.45, 2.75) is 91.8 Å². The smallest absolute Gasteiger partial charge is 0.302 e. The van der Waals surface area contributed by atoms with Crippen molar-refractivity contribution in [1.82, 2.24) is 0 Å². The van der Waals surface area contributed by atoms with E-state index >= 15 is 0 Å². The summed E-state index contributed by atoms with van der Waals surface area (Å²) in [5.74, 6) is 3.18. The zero-order valence-corrected chi connectivity index (χ0v) is 17.8. The summed E-state index contributed by atoms with van der Waals surface area (Å²) in [5.41, 5.74) is 2.14. The fourth-order valence-electron chi connectivity index (χ4n) is 8.39. The van der Waals surface area contributed by atoms with Crippen LogP contribution in [0.15, 0.2) is 11.6 Å². The second kappa shape index (κ2) is 6.61. The van der Waals surface area contributed by atoms with Crippen molar-refractivity contribution < 1.29 is 14.6 Å². The van der Waals surface area contributed by atoms with Gasteiger partial charge in [-0.15, -0.1) is 0 Å². The molecule has 4 aliphatic rings. The molecule has 3 nitrogen and oxygen atoms in total. The van der Waals surface area contributed by atoms with Crippen molar-refractivity contribution in [3.8, 4) is 0 Å². The lowest BCUT2D eigenvalue weighted by Gasteiger charge is -2.58. The molecule has 9 atom stereocenters. The predicted octanol–water partition coefficient (Wildman–Crippen LogP) is 5.12. The lowest BCUT2D eigenvalue weighted by Crippen LogP contribution is -2.51. The van der Waals surface area contributed by atoms with Crippen LogP contribution in [0.2, 0.25) is 0 Å². The molecule has 152 valence electrons. The highest BCUT2D eigenvalue weighted by Gasteiger charge is 2.61. The topological polar surface area (TPSA) is 46.5 Å². The van der Waals surface area contributed by atoms with E-state index < -0.39 is 0 Å². The SMILES string of the molecule is CC(=O)O[C@H]1CC[C@@]2(C)C(=CCC3C4CC(C)C(C(C)O)[C@@]4(C)CCC32)C1. The third kappa shape index (κ3) is 2.91. The molecule has 4 rings (SSSR count). The van der Waals surface area contributed by atoms with Gasteiger partial charge in [0.1, 0.15) is 6.10 Å². The number of fused-ring (bicyclic) bond motifs is 5. The van der Waals surface area contributed by atoms with E-state index in [0.29, 0.717) is 17.3 Å². The number of carbonyl (C=O) groups excluding carboxylic acids is 1. The van der Waals surface area contributed by atoms with Gasteiger partial charge in [-0.2, -0.15) is 0 Å². The van der Waals surface area contributed by atoms with Crippen molar-refractivity contribution in [2.24, 2.45) is 40.4 Å². The number of hydrogen-bond acceptors (Lipinski definition) is 3. The molecule has 3 heteroatoms. The van der Waals surface area contributed by atoms with Crippen LogP contribution in [0, 0.1) is 40.4 Å². The zero-order valence-electron chi connectivity index (χ0n) is 17.8. The number of rotatable bonds is 2. The van der Waals surface area contributed by atoms with E-state index in [-0.39, 0.29) is 23.6 Å². The molecule has 0 aromatic carbocycles. The molecule has 0 aromatic rings. The van der Waals surface area contributed by atoms with Gasteiger partial charge >= 0.3 is 5.97 Å². The molecular formula is C24H38O3. The highest BCUT2D eigenvalue weighted by molar-refractivity contribution is 5.66. The van der Waals surface area contributed by atoms with E-state index in [1.807, 2.05) is 6.92 Å². The number of carbonyl (C=O) groups is 1. The Morgan fingerprint density at radius 2 is 2.00 bits per heavy atom. The van der Waals surface area contributed by atoms with Crippen LogP contribution in [0.3, 0.4) is 0 Å². The minimum Gasteiger partial charge on any atom is -0.462 e. The number of aliphatic hydroxyl groups is 1. The molecule has 6 unspecified atom stereocenters. The lowest BCUT2D eigenvalue weighted by molar-refractivity contribution is -0.148. The molecule has 1 N–H and O–H groups in total. The molecule has 0 amide bonds. The standard InChI is InChI=1S/C24H38O3/c1-14-12-21-19-7-6-17-13-18(27-16(3)26)8-10-23(17,4)20(19)9-11-24(21,5)22(14)15(2)25/h6,14-15,18-22,25H,7-13H2,1-5H3/t14?,15?,18-,19?,20?,21?,22?,23-,24-/m0/s1. The lowest BCUT2D eigenvalue weighted by atomic mass is 9.47. The van der Waals surface area contributed by atoms with E-state index in [2.05, 4.69) is 26.8 Å². The first-order chi connectivity index (χ1) is 12.7. The van der Waals surface area contributed by atoms with Gasteiger partial charge < -0.3 is 9.84 Å². The number of hydrogen-bond donors (Lipinski definition) is 1. The summed E-state index contributed by atoms with van der Waals surface area (Å²) in [6.07, 6.45) is 10.5. The largest absolute Gasteiger partial charge is 0.462 e. The van der Waals surface area contributed by atoms with Crippen LogP contribution in [0.1, 0.15) is 79.6 Å². The maximum Gasteiger partial charge on any atom is 0.302 e. The van der Waals surface area contributed by atoms with Crippen molar-refractivity contribution >= 4 is 5.97 Å². The summed E-state index contributed by atoms with van der Waals surface area (Å²) in [7, 11) is 0. The number of ether oxygens (including phenoxy) is 1. The molecule has 4 aliphatic carbocycles. The number of aliphatic hydroxyl groups excluding tert-OH is 1. The molecule has 0 saturated heterocycles. The van der Waals surface area contributed by atoms with Gasteiger partial charge in [-0.25, -0.2) is 0 Å². The number of esters is 1. The van der Waals surface area contributed by atoms with Crippen LogP contribution < -0.4 is 0 Å². The highest BCUT2D eigenvalue weighted by atomic mass is 16.5. The summed E-state index contributed by atoms with van der Waals surface area (Å²) in [4.78, 5) is 11.4. The first-order valence-corrected chi connectivity index (χ1v) is 11.2. The average molecular weight is 375 g/mol.